The third kappa shape index (κ3) is 1.94. The molecule has 0 spiro atoms. The molecule has 0 atom stereocenters. The van der Waals surface area contributed by atoms with Gasteiger partial charge in [-0.3, -0.25) is 4.79 Å². The van der Waals surface area contributed by atoms with Crippen LogP contribution in [0.2, 0.25) is 0 Å². The van der Waals surface area contributed by atoms with Crippen LogP contribution >= 0.6 is 0 Å². The molecule has 0 aliphatic carbocycles. The Balaban J connectivity index is 2.51. The Hall–Kier alpha value is -1.57. The average Bonchev–Trinajstić information content (AvgIpc) is 2.23. The summed E-state index contributed by atoms with van der Waals surface area (Å²) in [6, 6.07) is 6.08. The van der Waals surface area contributed by atoms with Crippen molar-refractivity contribution in [3.63, 3.8) is 0 Å². The van der Waals surface area contributed by atoms with Crippen LogP contribution < -0.4 is 0 Å². The van der Waals surface area contributed by atoms with Crippen molar-refractivity contribution in [1.29, 1.82) is 0 Å². The predicted octanol–water partition coefficient (Wildman–Crippen LogP) is 2.18. The second kappa shape index (κ2) is 3.89. The fourth-order valence-electron chi connectivity index (χ4n) is 1.80. The minimum absolute atomic E-state index is 0.123. The summed E-state index contributed by atoms with van der Waals surface area (Å²) in [6.45, 7) is 2.72. The number of likely N-dealkylation sites (N-methyl/N-ethyl adjacent to an activating group) is 1. The van der Waals surface area contributed by atoms with Gasteiger partial charge in [-0.25, -0.2) is 0 Å². The number of carbonyl (C=O) groups is 1. The third-order valence-corrected chi connectivity index (χ3v) is 2.73. The van der Waals surface area contributed by atoms with E-state index >= 15 is 0 Å². The van der Waals surface area contributed by atoms with Gasteiger partial charge in [0.05, 0.1) is 0 Å². The lowest BCUT2D eigenvalue weighted by Gasteiger charge is -2.19. The van der Waals surface area contributed by atoms with Crippen LogP contribution in [0.15, 0.2) is 30.4 Å². The summed E-state index contributed by atoms with van der Waals surface area (Å²) >= 11 is 0. The average molecular weight is 201 g/mol. The number of allylic oxidation sites excluding steroid dienone is 1. The van der Waals surface area contributed by atoms with Crippen LogP contribution in [0, 0.1) is 6.92 Å². The maximum Gasteiger partial charge on any atom is 0.254 e. The zero-order chi connectivity index (χ0) is 10.8. The van der Waals surface area contributed by atoms with E-state index in [-0.39, 0.29) is 5.91 Å². The highest BCUT2D eigenvalue weighted by Crippen LogP contribution is 2.16. The number of benzene rings is 1. The van der Waals surface area contributed by atoms with Crippen LogP contribution in [0.5, 0.6) is 0 Å². The Bertz CT molecular complexity index is 421. The second-order valence-electron chi connectivity index (χ2n) is 4.02. The topological polar surface area (TPSA) is 20.3 Å². The molecule has 1 aliphatic heterocycles. The molecule has 0 bridgehead atoms. The summed E-state index contributed by atoms with van der Waals surface area (Å²) in [4.78, 5) is 13.8. The van der Waals surface area contributed by atoms with Crippen LogP contribution in [-0.4, -0.2) is 24.4 Å². The number of aryl methyl sites for hydroxylation is 1. The number of fused-ring (bicyclic) bond motifs is 1. The maximum atomic E-state index is 12.0. The molecule has 2 rings (SSSR count). The SMILES string of the molecule is Cc1ccc2c(c1)C(=O)N(C)C/C=C\C2. The van der Waals surface area contributed by atoms with Gasteiger partial charge in [0.15, 0.2) is 0 Å². The Morgan fingerprint density at radius 3 is 2.87 bits per heavy atom. The zero-order valence-electron chi connectivity index (χ0n) is 9.16. The lowest BCUT2D eigenvalue weighted by atomic mass is 9.99. The summed E-state index contributed by atoms with van der Waals surface area (Å²) in [7, 11) is 1.84. The van der Waals surface area contributed by atoms with E-state index < -0.39 is 0 Å². The van der Waals surface area contributed by atoms with Crippen LogP contribution in [0.1, 0.15) is 21.5 Å². The summed E-state index contributed by atoms with van der Waals surface area (Å²) in [5, 5.41) is 0. The number of amides is 1. The zero-order valence-corrected chi connectivity index (χ0v) is 9.16. The molecular formula is C13H15NO. The summed E-state index contributed by atoms with van der Waals surface area (Å²) in [5.41, 5.74) is 3.11. The van der Waals surface area contributed by atoms with Gasteiger partial charge in [0.2, 0.25) is 0 Å². The second-order valence-corrected chi connectivity index (χ2v) is 4.02. The van der Waals surface area contributed by atoms with Crippen molar-refractivity contribution in [3.8, 4) is 0 Å². The van der Waals surface area contributed by atoms with Gasteiger partial charge in [-0.15, -0.1) is 0 Å². The summed E-state index contributed by atoms with van der Waals surface area (Å²) in [6.07, 6.45) is 5.02. The van der Waals surface area contributed by atoms with Crippen molar-refractivity contribution < 1.29 is 4.79 Å². The van der Waals surface area contributed by atoms with Gasteiger partial charge >= 0.3 is 0 Å². The van der Waals surface area contributed by atoms with E-state index in [1.54, 1.807) is 4.90 Å². The standard InChI is InChI=1S/C13H15NO/c1-10-6-7-11-5-3-4-8-14(2)13(15)12(11)9-10/h3-4,6-7,9H,5,8H2,1-2H3/b4-3-. The van der Waals surface area contributed by atoms with E-state index in [2.05, 4.69) is 12.1 Å². The number of carbonyl (C=O) groups excluding carboxylic acids is 1. The molecular weight excluding hydrogens is 186 g/mol. The molecule has 78 valence electrons. The van der Waals surface area contributed by atoms with E-state index in [1.165, 1.54) is 0 Å². The minimum atomic E-state index is 0.123. The van der Waals surface area contributed by atoms with Crippen LogP contribution in [0.3, 0.4) is 0 Å². The van der Waals surface area contributed by atoms with E-state index in [0.29, 0.717) is 6.54 Å². The highest BCUT2D eigenvalue weighted by Gasteiger charge is 2.15. The molecule has 1 aromatic carbocycles. The lowest BCUT2D eigenvalue weighted by Crippen LogP contribution is -2.28. The molecule has 0 radical (unpaired) electrons. The highest BCUT2D eigenvalue weighted by molar-refractivity contribution is 5.96. The van der Waals surface area contributed by atoms with E-state index in [1.807, 2.05) is 32.2 Å². The normalized spacial score (nSPS) is 18.0. The molecule has 1 heterocycles. The Kier molecular flexibility index (Phi) is 2.58. The fourth-order valence-corrected chi connectivity index (χ4v) is 1.80. The molecule has 1 aliphatic rings. The van der Waals surface area contributed by atoms with Gasteiger partial charge in [0.25, 0.3) is 5.91 Å². The molecule has 0 saturated carbocycles. The van der Waals surface area contributed by atoms with Crippen molar-refractivity contribution in [2.45, 2.75) is 13.3 Å². The molecule has 2 nitrogen and oxygen atoms in total. The van der Waals surface area contributed by atoms with Crippen molar-refractivity contribution in [3.05, 3.63) is 47.0 Å². The maximum absolute atomic E-state index is 12.0. The van der Waals surface area contributed by atoms with E-state index in [0.717, 1.165) is 23.1 Å². The van der Waals surface area contributed by atoms with Crippen LogP contribution in [0.4, 0.5) is 0 Å². The third-order valence-electron chi connectivity index (χ3n) is 2.73. The number of hydrogen-bond donors (Lipinski definition) is 0. The van der Waals surface area contributed by atoms with Crippen molar-refractivity contribution in [1.82, 2.24) is 4.90 Å². The van der Waals surface area contributed by atoms with Gasteiger partial charge in [-0.2, -0.15) is 0 Å². The van der Waals surface area contributed by atoms with Gasteiger partial charge in [0.1, 0.15) is 0 Å². The largest absolute Gasteiger partial charge is 0.338 e. The van der Waals surface area contributed by atoms with Crippen molar-refractivity contribution in [2.24, 2.45) is 0 Å². The molecule has 0 aromatic heterocycles. The summed E-state index contributed by atoms with van der Waals surface area (Å²) in [5.74, 6) is 0.123. The van der Waals surface area contributed by atoms with Gasteiger partial charge < -0.3 is 4.90 Å². The minimum Gasteiger partial charge on any atom is -0.338 e. The molecule has 15 heavy (non-hydrogen) atoms. The van der Waals surface area contributed by atoms with Crippen LogP contribution in [-0.2, 0) is 6.42 Å². The molecule has 1 amide bonds. The summed E-state index contributed by atoms with van der Waals surface area (Å²) < 4.78 is 0. The molecule has 0 N–H and O–H groups in total. The predicted molar refractivity (Wildman–Crippen MR) is 61.0 cm³/mol. The number of nitrogens with zero attached hydrogens (tertiary/aromatic N) is 1. The Morgan fingerprint density at radius 1 is 1.27 bits per heavy atom. The first-order valence-corrected chi connectivity index (χ1v) is 5.18. The quantitative estimate of drug-likeness (QED) is 0.589. The van der Waals surface area contributed by atoms with E-state index in [4.69, 9.17) is 0 Å². The van der Waals surface area contributed by atoms with Gasteiger partial charge in [-0.1, -0.05) is 29.8 Å². The molecule has 0 saturated heterocycles. The number of rotatable bonds is 0. The Labute approximate surface area is 90.2 Å². The number of hydrogen-bond acceptors (Lipinski definition) is 1. The fraction of sp³-hybridized carbons (Fsp3) is 0.308. The van der Waals surface area contributed by atoms with Crippen molar-refractivity contribution >= 4 is 5.91 Å². The van der Waals surface area contributed by atoms with Crippen molar-refractivity contribution in [2.75, 3.05) is 13.6 Å². The highest BCUT2D eigenvalue weighted by atomic mass is 16.2. The lowest BCUT2D eigenvalue weighted by molar-refractivity contribution is 0.0808. The first kappa shape index (κ1) is 9.97. The Morgan fingerprint density at radius 2 is 2.07 bits per heavy atom. The van der Waals surface area contributed by atoms with E-state index in [9.17, 15) is 4.79 Å². The molecule has 0 fully saturated rings. The molecule has 0 unspecified atom stereocenters. The van der Waals surface area contributed by atoms with Crippen LogP contribution in [0.25, 0.3) is 0 Å². The molecule has 2 heteroatoms. The van der Waals surface area contributed by atoms with Gasteiger partial charge in [-0.05, 0) is 25.0 Å². The van der Waals surface area contributed by atoms with Gasteiger partial charge in [0, 0.05) is 19.2 Å². The first-order valence-electron chi connectivity index (χ1n) is 5.18. The molecule has 1 aromatic rings. The first-order chi connectivity index (χ1) is 7.18. The smallest absolute Gasteiger partial charge is 0.254 e. The monoisotopic (exact) mass is 201 g/mol.